The number of hydrogen-bond acceptors (Lipinski definition) is 7. The number of halogens is 1. The third-order valence-corrected chi connectivity index (χ3v) is 7.38. The molecule has 0 bridgehead atoms. The zero-order valence-electron chi connectivity index (χ0n) is 21.2. The highest BCUT2D eigenvalue weighted by molar-refractivity contribution is 7.63. The molecule has 0 fully saturated rings. The average molecular weight is 563 g/mol. The van der Waals surface area contributed by atoms with E-state index in [0.717, 1.165) is 0 Å². The molecule has 0 saturated carbocycles. The third kappa shape index (κ3) is 6.40. The van der Waals surface area contributed by atoms with Crippen LogP contribution in [0.5, 0.6) is 23.0 Å². The molecule has 0 radical (unpaired) electrons. The summed E-state index contributed by atoms with van der Waals surface area (Å²) in [5.74, 6) is -1.18. The fourth-order valence-electron chi connectivity index (χ4n) is 3.44. The van der Waals surface area contributed by atoms with E-state index in [9.17, 15) is 14.2 Å². The van der Waals surface area contributed by atoms with E-state index in [1.54, 1.807) is 72.8 Å². The van der Waals surface area contributed by atoms with Gasteiger partial charge in [-0.1, -0.05) is 61.2 Å². The summed E-state index contributed by atoms with van der Waals surface area (Å²) in [4.78, 5) is 25.3. The monoisotopic (exact) mass is 562 g/mol. The number of fused-ring (bicyclic) bond motifs is 1. The molecule has 198 valence electrons. The number of ether oxygens (including phenoxy) is 2. The summed E-state index contributed by atoms with van der Waals surface area (Å²) in [5.41, 5.74) is 0.234. The van der Waals surface area contributed by atoms with Gasteiger partial charge in [0.05, 0.1) is 0 Å². The van der Waals surface area contributed by atoms with Gasteiger partial charge in [-0.2, -0.15) is 0 Å². The van der Waals surface area contributed by atoms with Gasteiger partial charge in [-0.05, 0) is 56.3 Å². The normalized spacial score (nSPS) is 10.9. The van der Waals surface area contributed by atoms with Gasteiger partial charge < -0.3 is 18.5 Å². The molecular formula is C30H24ClO7P. The molecule has 0 aliphatic carbocycles. The highest BCUT2D eigenvalue weighted by Crippen LogP contribution is 2.52. The van der Waals surface area contributed by atoms with E-state index in [1.807, 2.05) is 0 Å². The lowest BCUT2D eigenvalue weighted by atomic mass is 10.1. The van der Waals surface area contributed by atoms with Crippen molar-refractivity contribution >= 4 is 47.2 Å². The Morgan fingerprint density at radius 1 is 0.718 bits per heavy atom. The molecule has 0 N–H and O–H groups in total. The second kappa shape index (κ2) is 11.6. The van der Waals surface area contributed by atoms with Crippen LogP contribution in [0.3, 0.4) is 0 Å². The van der Waals surface area contributed by atoms with E-state index in [1.165, 1.54) is 26.0 Å². The van der Waals surface area contributed by atoms with Crippen LogP contribution in [0.25, 0.3) is 10.8 Å². The number of carbonyl (C=O) groups excluding carboxylic acids is 2. The van der Waals surface area contributed by atoms with Gasteiger partial charge in [-0.3, -0.25) is 0 Å². The predicted octanol–water partition coefficient (Wildman–Crippen LogP) is 7.43. The summed E-state index contributed by atoms with van der Waals surface area (Å²) in [5, 5.41) is 0.745. The number of esters is 2. The number of carbonyl (C=O) groups is 2. The van der Waals surface area contributed by atoms with Crippen molar-refractivity contribution in [2.24, 2.45) is 0 Å². The van der Waals surface area contributed by atoms with Crippen LogP contribution in [0, 0.1) is 0 Å². The summed E-state index contributed by atoms with van der Waals surface area (Å²) in [6.45, 7) is 10.2. The van der Waals surface area contributed by atoms with E-state index < -0.39 is 19.5 Å². The van der Waals surface area contributed by atoms with E-state index in [4.69, 9.17) is 30.1 Å². The van der Waals surface area contributed by atoms with Gasteiger partial charge in [-0.15, -0.1) is 0 Å². The topological polar surface area (TPSA) is 88.1 Å². The fourth-order valence-corrected chi connectivity index (χ4v) is 5.34. The van der Waals surface area contributed by atoms with Crippen LogP contribution < -0.4 is 23.8 Å². The Bertz CT molecular complexity index is 1590. The van der Waals surface area contributed by atoms with Crippen LogP contribution in [0.1, 0.15) is 13.8 Å². The number of para-hydroxylation sites is 2. The van der Waals surface area contributed by atoms with Gasteiger partial charge >= 0.3 is 19.5 Å². The van der Waals surface area contributed by atoms with E-state index >= 15 is 0 Å². The SMILES string of the molecule is C=C(C)C(=O)Oc1cc(P(=O)(Oc2ccccc2)Oc2ccccc2)c(OC(=O)C(=C)C)c2ccc(Cl)cc12. The molecular weight excluding hydrogens is 539 g/mol. The van der Waals surface area contributed by atoms with Crippen molar-refractivity contribution in [3.63, 3.8) is 0 Å². The Kier molecular flexibility index (Phi) is 8.24. The number of benzene rings is 4. The highest BCUT2D eigenvalue weighted by Gasteiger charge is 2.38. The van der Waals surface area contributed by atoms with Crippen molar-refractivity contribution in [1.82, 2.24) is 0 Å². The lowest BCUT2D eigenvalue weighted by Gasteiger charge is -2.24. The number of rotatable bonds is 9. The van der Waals surface area contributed by atoms with Crippen LogP contribution in [0.2, 0.25) is 5.02 Å². The van der Waals surface area contributed by atoms with Gasteiger partial charge in [0.2, 0.25) is 0 Å². The highest BCUT2D eigenvalue weighted by atomic mass is 35.5. The van der Waals surface area contributed by atoms with E-state index in [-0.39, 0.29) is 44.8 Å². The van der Waals surface area contributed by atoms with Crippen LogP contribution >= 0.6 is 19.2 Å². The van der Waals surface area contributed by atoms with Crippen molar-refractivity contribution < 1.29 is 32.7 Å². The van der Waals surface area contributed by atoms with Crippen molar-refractivity contribution in [2.45, 2.75) is 13.8 Å². The zero-order valence-corrected chi connectivity index (χ0v) is 22.8. The minimum atomic E-state index is -4.40. The van der Waals surface area contributed by atoms with E-state index in [0.29, 0.717) is 10.4 Å². The maximum absolute atomic E-state index is 14.8. The summed E-state index contributed by atoms with van der Waals surface area (Å²) in [7, 11) is -4.40. The van der Waals surface area contributed by atoms with E-state index in [2.05, 4.69) is 13.2 Å². The Balaban J connectivity index is 2.04. The second-order valence-electron chi connectivity index (χ2n) is 8.56. The molecule has 0 aliphatic rings. The van der Waals surface area contributed by atoms with Crippen molar-refractivity contribution in [1.29, 1.82) is 0 Å². The molecule has 4 aromatic rings. The van der Waals surface area contributed by atoms with Crippen molar-refractivity contribution in [3.05, 3.63) is 114 Å². The Morgan fingerprint density at radius 3 is 1.74 bits per heavy atom. The average Bonchev–Trinajstić information content (AvgIpc) is 2.90. The molecule has 0 heterocycles. The summed E-state index contributed by atoms with van der Waals surface area (Å²) >= 11 is 6.26. The summed E-state index contributed by atoms with van der Waals surface area (Å²) in [6.07, 6.45) is 0. The maximum Gasteiger partial charge on any atom is 0.466 e. The first-order valence-electron chi connectivity index (χ1n) is 11.7. The van der Waals surface area contributed by atoms with Gasteiger partial charge in [0.1, 0.15) is 22.6 Å². The van der Waals surface area contributed by atoms with Gasteiger partial charge in [0.15, 0.2) is 5.75 Å². The first kappa shape index (κ1) is 27.7. The standard InChI is InChI=1S/C30H24ClO7P/c1-19(2)29(32)35-26-18-27(28(36-30(33)20(3)4)24-16-15-21(31)17-25(24)26)39(34,37-22-11-7-5-8-12-22)38-23-13-9-6-10-14-23/h5-18H,1,3H2,2,4H3. The fraction of sp³-hybridized carbons (Fsp3) is 0.0667. The maximum atomic E-state index is 14.8. The zero-order chi connectivity index (χ0) is 28.2. The molecule has 4 rings (SSSR count). The predicted molar refractivity (Wildman–Crippen MR) is 151 cm³/mol. The molecule has 4 aromatic carbocycles. The molecule has 0 aliphatic heterocycles. The van der Waals surface area contributed by atoms with Crippen LogP contribution in [0.4, 0.5) is 0 Å². The quantitative estimate of drug-likeness (QED) is 0.0906. The molecule has 0 amide bonds. The smallest absolute Gasteiger partial charge is 0.422 e. The first-order valence-corrected chi connectivity index (χ1v) is 13.6. The second-order valence-corrected chi connectivity index (χ2v) is 10.8. The molecule has 0 saturated heterocycles. The number of hydrogen-bond donors (Lipinski definition) is 0. The summed E-state index contributed by atoms with van der Waals surface area (Å²) in [6, 6.07) is 22.7. The first-order chi connectivity index (χ1) is 18.6. The Labute approximate surface area is 230 Å². The third-order valence-electron chi connectivity index (χ3n) is 5.32. The van der Waals surface area contributed by atoms with Gasteiger partial charge in [0.25, 0.3) is 0 Å². The minimum absolute atomic E-state index is 0.0147. The van der Waals surface area contributed by atoms with Crippen LogP contribution in [0.15, 0.2) is 109 Å². The lowest BCUT2D eigenvalue weighted by molar-refractivity contribution is -0.131. The Morgan fingerprint density at radius 2 is 1.23 bits per heavy atom. The molecule has 0 atom stereocenters. The van der Waals surface area contributed by atoms with Crippen molar-refractivity contribution in [3.8, 4) is 23.0 Å². The van der Waals surface area contributed by atoms with Crippen molar-refractivity contribution in [2.75, 3.05) is 0 Å². The Hall–Kier alpha value is -4.32. The molecule has 0 aromatic heterocycles. The minimum Gasteiger partial charge on any atom is -0.422 e. The lowest BCUT2D eigenvalue weighted by Crippen LogP contribution is -2.22. The van der Waals surface area contributed by atoms with Gasteiger partial charge in [-0.25, -0.2) is 14.2 Å². The van der Waals surface area contributed by atoms with Crippen LogP contribution in [-0.4, -0.2) is 11.9 Å². The largest absolute Gasteiger partial charge is 0.466 e. The molecule has 7 nitrogen and oxygen atoms in total. The van der Waals surface area contributed by atoms with Crippen LogP contribution in [-0.2, 0) is 14.2 Å². The molecule has 0 unspecified atom stereocenters. The van der Waals surface area contributed by atoms with Gasteiger partial charge in [0, 0.05) is 33.0 Å². The summed E-state index contributed by atoms with van der Waals surface area (Å²) < 4.78 is 38.1. The molecule has 0 spiro atoms. The molecule has 9 heteroatoms. The molecule has 39 heavy (non-hydrogen) atoms.